The molecule has 0 unspecified atom stereocenters. The molecule has 0 fully saturated rings. The van der Waals surface area contributed by atoms with Crippen LogP contribution >= 0.6 is 11.6 Å². The van der Waals surface area contributed by atoms with Crippen molar-refractivity contribution in [1.29, 1.82) is 0 Å². The van der Waals surface area contributed by atoms with Crippen LogP contribution in [0.15, 0.2) is 48.5 Å². The van der Waals surface area contributed by atoms with Gasteiger partial charge in [-0.05, 0) is 42.8 Å². The molecular formula is C19H19ClN2O4. The first kappa shape index (κ1) is 19.5. The zero-order chi connectivity index (χ0) is 19.1. The topological polar surface area (TPSA) is 84.5 Å². The molecule has 0 spiro atoms. The number of benzene rings is 2. The number of nitrogens with one attached hydrogen (secondary N) is 2. The lowest BCUT2D eigenvalue weighted by Crippen LogP contribution is -2.31. The van der Waals surface area contributed by atoms with E-state index < -0.39 is 18.5 Å². The van der Waals surface area contributed by atoms with Crippen LogP contribution in [-0.2, 0) is 14.3 Å². The van der Waals surface area contributed by atoms with Gasteiger partial charge in [0.25, 0.3) is 5.91 Å². The van der Waals surface area contributed by atoms with Crippen LogP contribution in [0, 0.1) is 0 Å². The highest BCUT2D eigenvalue weighted by Gasteiger charge is 2.14. The van der Waals surface area contributed by atoms with Crippen molar-refractivity contribution in [2.24, 2.45) is 0 Å². The third kappa shape index (κ3) is 5.89. The molecule has 0 aromatic heterocycles. The molecule has 0 radical (unpaired) electrons. The third-order valence-corrected chi connectivity index (χ3v) is 3.71. The van der Waals surface area contributed by atoms with E-state index >= 15 is 0 Å². The monoisotopic (exact) mass is 374 g/mol. The third-order valence-electron chi connectivity index (χ3n) is 3.48. The van der Waals surface area contributed by atoms with Crippen LogP contribution in [0.2, 0.25) is 5.02 Å². The Hall–Kier alpha value is -2.86. The summed E-state index contributed by atoms with van der Waals surface area (Å²) in [6, 6.07) is 13.2. The molecule has 2 rings (SSSR count). The zero-order valence-corrected chi connectivity index (χ0v) is 15.2. The first-order valence-corrected chi connectivity index (χ1v) is 8.32. The first-order chi connectivity index (χ1) is 12.3. The van der Waals surface area contributed by atoms with Gasteiger partial charge in [0.2, 0.25) is 5.91 Å². The Morgan fingerprint density at radius 3 is 2.54 bits per heavy atom. The van der Waals surface area contributed by atoms with E-state index in [0.29, 0.717) is 10.7 Å². The molecule has 26 heavy (non-hydrogen) atoms. The van der Waals surface area contributed by atoms with E-state index in [9.17, 15) is 14.4 Å². The fraction of sp³-hybridized carbons (Fsp3) is 0.211. The minimum atomic E-state index is -0.650. The van der Waals surface area contributed by atoms with Gasteiger partial charge in [0.1, 0.15) is 0 Å². The molecule has 0 heterocycles. The van der Waals surface area contributed by atoms with Gasteiger partial charge in [-0.3, -0.25) is 9.59 Å². The second kappa shape index (κ2) is 9.01. The van der Waals surface area contributed by atoms with Gasteiger partial charge in [-0.2, -0.15) is 0 Å². The second-order valence-electron chi connectivity index (χ2n) is 5.68. The minimum Gasteiger partial charge on any atom is -0.452 e. The molecule has 2 aromatic carbocycles. The number of rotatable bonds is 6. The van der Waals surface area contributed by atoms with Crippen molar-refractivity contribution in [3.05, 3.63) is 64.7 Å². The van der Waals surface area contributed by atoms with E-state index in [1.807, 2.05) is 13.0 Å². The number of carbonyl (C=O) groups is 3. The number of hydrogen-bond donors (Lipinski definition) is 2. The van der Waals surface area contributed by atoms with E-state index in [-0.39, 0.29) is 17.5 Å². The van der Waals surface area contributed by atoms with Gasteiger partial charge in [0, 0.05) is 17.6 Å². The van der Waals surface area contributed by atoms with Crippen LogP contribution in [0.25, 0.3) is 0 Å². The fourth-order valence-electron chi connectivity index (χ4n) is 2.28. The van der Waals surface area contributed by atoms with Gasteiger partial charge in [-0.25, -0.2) is 4.79 Å². The summed E-state index contributed by atoms with van der Waals surface area (Å²) in [6.45, 7) is 2.77. The highest BCUT2D eigenvalue weighted by Crippen LogP contribution is 2.17. The molecule has 0 saturated heterocycles. The molecule has 0 saturated carbocycles. The van der Waals surface area contributed by atoms with Crippen molar-refractivity contribution < 1.29 is 19.1 Å². The number of amides is 2. The molecule has 0 aliphatic carbocycles. The summed E-state index contributed by atoms with van der Waals surface area (Å²) in [6.07, 6.45) is 0. The van der Waals surface area contributed by atoms with Crippen LogP contribution in [0.3, 0.4) is 0 Å². The number of halogens is 1. The van der Waals surface area contributed by atoms with E-state index in [2.05, 4.69) is 10.6 Å². The molecule has 6 nitrogen and oxygen atoms in total. The summed E-state index contributed by atoms with van der Waals surface area (Å²) in [5, 5.41) is 5.89. The molecular weight excluding hydrogens is 356 g/mol. The SMILES string of the molecule is CC(=O)Nc1cccc(C(=O)OCC(=O)N[C@@H](C)c2cccc(Cl)c2)c1. The van der Waals surface area contributed by atoms with Gasteiger partial charge in [0.05, 0.1) is 11.6 Å². The molecule has 2 amide bonds. The van der Waals surface area contributed by atoms with E-state index in [1.165, 1.54) is 13.0 Å². The average Bonchev–Trinajstić information content (AvgIpc) is 2.59. The van der Waals surface area contributed by atoms with Gasteiger partial charge in [0.15, 0.2) is 6.61 Å². The first-order valence-electron chi connectivity index (χ1n) is 7.95. The Labute approximate surface area is 156 Å². The number of anilines is 1. The number of esters is 1. The minimum absolute atomic E-state index is 0.243. The number of ether oxygens (including phenoxy) is 1. The van der Waals surface area contributed by atoms with Crippen LogP contribution in [-0.4, -0.2) is 24.4 Å². The molecule has 7 heteroatoms. The summed E-state index contributed by atoms with van der Waals surface area (Å²) in [7, 11) is 0. The largest absolute Gasteiger partial charge is 0.452 e. The fourth-order valence-corrected chi connectivity index (χ4v) is 2.48. The summed E-state index contributed by atoms with van der Waals surface area (Å²) in [5.41, 5.74) is 1.57. The molecule has 2 aromatic rings. The number of carbonyl (C=O) groups excluding carboxylic acids is 3. The lowest BCUT2D eigenvalue weighted by atomic mass is 10.1. The van der Waals surface area contributed by atoms with Gasteiger partial charge in [-0.15, -0.1) is 0 Å². The van der Waals surface area contributed by atoms with Crippen molar-refractivity contribution >= 4 is 35.1 Å². The van der Waals surface area contributed by atoms with Crippen molar-refractivity contribution in [2.45, 2.75) is 19.9 Å². The zero-order valence-electron chi connectivity index (χ0n) is 14.4. The Balaban J connectivity index is 1.88. The maximum atomic E-state index is 12.1. The Morgan fingerprint density at radius 2 is 1.85 bits per heavy atom. The summed E-state index contributed by atoms with van der Waals surface area (Å²) in [4.78, 5) is 35.1. The standard InChI is InChI=1S/C19H19ClN2O4/c1-12(14-5-3-7-16(20)9-14)21-18(24)11-26-19(25)15-6-4-8-17(10-15)22-13(2)23/h3-10,12H,11H2,1-2H3,(H,21,24)(H,22,23)/t12-/m0/s1. The number of hydrogen-bond acceptors (Lipinski definition) is 4. The Morgan fingerprint density at radius 1 is 1.12 bits per heavy atom. The molecule has 0 aliphatic rings. The highest BCUT2D eigenvalue weighted by atomic mass is 35.5. The van der Waals surface area contributed by atoms with Crippen molar-refractivity contribution in [1.82, 2.24) is 5.32 Å². The lowest BCUT2D eigenvalue weighted by molar-refractivity contribution is -0.124. The van der Waals surface area contributed by atoms with Gasteiger partial charge >= 0.3 is 5.97 Å². The normalized spacial score (nSPS) is 11.3. The molecule has 136 valence electrons. The average molecular weight is 375 g/mol. The van der Waals surface area contributed by atoms with Crippen LogP contribution < -0.4 is 10.6 Å². The van der Waals surface area contributed by atoms with Crippen molar-refractivity contribution in [3.63, 3.8) is 0 Å². The van der Waals surface area contributed by atoms with Crippen LogP contribution in [0.5, 0.6) is 0 Å². The lowest BCUT2D eigenvalue weighted by Gasteiger charge is -2.14. The summed E-state index contributed by atoms with van der Waals surface area (Å²) >= 11 is 5.93. The second-order valence-corrected chi connectivity index (χ2v) is 6.12. The van der Waals surface area contributed by atoms with Crippen LogP contribution in [0.4, 0.5) is 5.69 Å². The quantitative estimate of drug-likeness (QED) is 0.759. The predicted molar refractivity (Wildman–Crippen MR) is 99.0 cm³/mol. The van der Waals surface area contributed by atoms with E-state index in [1.54, 1.807) is 36.4 Å². The maximum Gasteiger partial charge on any atom is 0.338 e. The molecule has 1 atom stereocenters. The summed E-state index contributed by atoms with van der Waals surface area (Å²) in [5.74, 6) is -1.32. The molecule has 0 aliphatic heterocycles. The van der Waals surface area contributed by atoms with Crippen molar-refractivity contribution in [2.75, 3.05) is 11.9 Å². The van der Waals surface area contributed by atoms with Crippen molar-refractivity contribution in [3.8, 4) is 0 Å². The van der Waals surface area contributed by atoms with Crippen LogP contribution in [0.1, 0.15) is 35.8 Å². The summed E-state index contributed by atoms with van der Waals surface area (Å²) < 4.78 is 5.02. The Kier molecular flexibility index (Phi) is 6.74. The van der Waals surface area contributed by atoms with Gasteiger partial charge < -0.3 is 15.4 Å². The van der Waals surface area contributed by atoms with E-state index in [0.717, 1.165) is 5.56 Å². The predicted octanol–water partition coefficient (Wildman–Crippen LogP) is 3.33. The highest BCUT2D eigenvalue weighted by molar-refractivity contribution is 6.30. The van der Waals surface area contributed by atoms with E-state index in [4.69, 9.17) is 16.3 Å². The smallest absolute Gasteiger partial charge is 0.338 e. The molecule has 0 bridgehead atoms. The maximum absolute atomic E-state index is 12.1. The Bertz CT molecular complexity index is 823. The molecule has 2 N–H and O–H groups in total. The van der Waals surface area contributed by atoms with Gasteiger partial charge in [-0.1, -0.05) is 29.8 Å².